The van der Waals surface area contributed by atoms with E-state index >= 15 is 0 Å². The van der Waals surface area contributed by atoms with Gasteiger partial charge in [-0.2, -0.15) is 0 Å². The zero-order valence-corrected chi connectivity index (χ0v) is 17.1. The smallest absolute Gasteiger partial charge is 0.239 e. The van der Waals surface area contributed by atoms with Crippen LogP contribution in [-0.4, -0.2) is 51.0 Å². The number of nitrogens with one attached hydrogen (secondary N) is 2. The molecule has 2 aliphatic heterocycles. The lowest BCUT2D eigenvalue weighted by atomic mass is 9.74. The fraction of sp³-hybridized carbons (Fsp3) is 0.611. The van der Waals surface area contributed by atoms with Gasteiger partial charge in [-0.3, -0.25) is 4.79 Å². The van der Waals surface area contributed by atoms with Crippen LogP contribution in [0.1, 0.15) is 25.3 Å². The Labute approximate surface area is 170 Å². The standard InChI is InChI=1S/C18H24Cl2N2O3.ClH/c1-12-16(21-6-9-25-12)17(23)22-11-18(4-7-24-8-5-18)14-3-2-13(19)10-15(14)20;/h2-3,10,12,16,21H,4-9,11H2,1H3,(H,22,23);1H/t12-,16+;/m1./s1. The van der Waals surface area contributed by atoms with Gasteiger partial charge in [0.05, 0.1) is 12.7 Å². The third-order valence-electron chi connectivity index (χ3n) is 5.15. The van der Waals surface area contributed by atoms with Crippen LogP contribution in [0.2, 0.25) is 10.0 Å². The molecule has 26 heavy (non-hydrogen) atoms. The van der Waals surface area contributed by atoms with Crippen LogP contribution in [0.4, 0.5) is 0 Å². The van der Waals surface area contributed by atoms with Crippen molar-refractivity contribution in [3.8, 4) is 0 Å². The summed E-state index contributed by atoms with van der Waals surface area (Å²) in [4.78, 5) is 12.6. The molecule has 2 saturated heterocycles. The molecule has 0 aliphatic carbocycles. The summed E-state index contributed by atoms with van der Waals surface area (Å²) in [7, 11) is 0. The molecule has 8 heteroatoms. The Morgan fingerprint density at radius 1 is 1.31 bits per heavy atom. The van der Waals surface area contributed by atoms with Crippen molar-refractivity contribution >= 4 is 41.5 Å². The molecule has 1 amide bonds. The Balaban J connectivity index is 0.00000243. The zero-order chi connectivity index (χ0) is 17.9. The van der Waals surface area contributed by atoms with Crippen molar-refractivity contribution in [2.75, 3.05) is 32.9 Å². The highest BCUT2D eigenvalue weighted by Gasteiger charge is 2.38. The fourth-order valence-electron chi connectivity index (χ4n) is 3.62. The van der Waals surface area contributed by atoms with Gasteiger partial charge in [-0.05, 0) is 37.5 Å². The number of halogens is 3. The van der Waals surface area contributed by atoms with E-state index in [0.29, 0.717) is 43.0 Å². The predicted octanol–water partition coefficient (Wildman–Crippen LogP) is 2.96. The number of hydrogen-bond donors (Lipinski definition) is 2. The van der Waals surface area contributed by atoms with E-state index in [1.165, 1.54) is 0 Å². The van der Waals surface area contributed by atoms with Crippen molar-refractivity contribution in [2.24, 2.45) is 0 Å². The molecule has 1 aromatic rings. The van der Waals surface area contributed by atoms with Gasteiger partial charge in [0, 0.05) is 41.8 Å². The van der Waals surface area contributed by atoms with Gasteiger partial charge in [-0.1, -0.05) is 29.3 Å². The Hall–Kier alpha value is -0.560. The average molecular weight is 424 g/mol. The molecule has 0 spiro atoms. The van der Waals surface area contributed by atoms with E-state index in [4.69, 9.17) is 32.7 Å². The van der Waals surface area contributed by atoms with Crippen molar-refractivity contribution in [1.29, 1.82) is 0 Å². The van der Waals surface area contributed by atoms with E-state index in [-0.39, 0.29) is 35.9 Å². The minimum Gasteiger partial charge on any atom is -0.381 e. The summed E-state index contributed by atoms with van der Waals surface area (Å²) in [6, 6.07) is 5.25. The molecular weight excluding hydrogens is 399 g/mol. The number of morpholine rings is 1. The molecule has 2 N–H and O–H groups in total. The maximum absolute atomic E-state index is 12.6. The van der Waals surface area contributed by atoms with Gasteiger partial charge >= 0.3 is 0 Å². The van der Waals surface area contributed by atoms with Gasteiger partial charge in [0.1, 0.15) is 6.04 Å². The molecule has 0 aromatic heterocycles. The van der Waals surface area contributed by atoms with E-state index in [2.05, 4.69) is 10.6 Å². The monoisotopic (exact) mass is 422 g/mol. The van der Waals surface area contributed by atoms with Crippen LogP contribution < -0.4 is 10.6 Å². The molecule has 2 fully saturated rings. The van der Waals surface area contributed by atoms with Crippen LogP contribution in [-0.2, 0) is 19.7 Å². The van der Waals surface area contributed by atoms with Gasteiger partial charge in [0.25, 0.3) is 0 Å². The maximum atomic E-state index is 12.6. The van der Waals surface area contributed by atoms with E-state index in [0.717, 1.165) is 18.4 Å². The van der Waals surface area contributed by atoms with Crippen LogP contribution >= 0.6 is 35.6 Å². The molecule has 0 bridgehead atoms. The number of ether oxygens (including phenoxy) is 2. The van der Waals surface area contributed by atoms with Crippen molar-refractivity contribution < 1.29 is 14.3 Å². The van der Waals surface area contributed by atoms with Crippen molar-refractivity contribution in [2.45, 2.75) is 37.3 Å². The van der Waals surface area contributed by atoms with E-state index in [9.17, 15) is 4.79 Å². The maximum Gasteiger partial charge on any atom is 0.239 e. The van der Waals surface area contributed by atoms with Gasteiger partial charge in [-0.25, -0.2) is 0 Å². The summed E-state index contributed by atoms with van der Waals surface area (Å²) in [5.41, 5.74) is 0.775. The second-order valence-corrected chi connectivity index (χ2v) is 7.59. The predicted molar refractivity (Wildman–Crippen MR) is 106 cm³/mol. The second-order valence-electron chi connectivity index (χ2n) is 6.74. The van der Waals surface area contributed by atoms with Gasteiger partial charge in [0.15, 0.2) is 0 Å². The molecule has 3 rings (SSSR count). The normalized spacial score (nSPS) is 25.2. The largest absolute Gasteiger partial charge is 0.381 e. The van der Waals surface area contributed by atoms with E-state index < -0.39 is 0 Å². The van der Waals surface area contributed by atoms with E-state index in [1.807, 2.05) is 19.1 Å². The van der Waals surface area contributed by atoms with Crippen LogP contribution in [0, 0.1) is 0 Å². The molecule has 0 radical (unpaired) electrons. The minimum absolute atomic E-state index is 0. The summed E-state index contributed by atoms with van der Waals surface area (Å²) in [5.74, 6) is -0.0387. The van der Waals surface area contributed by atoms with Crippen molar-refractivity contribution in [3.63, 3.8) is 0 Å². The Bertz CT molecular complexity index is 624. The third kappa shape index (κ3) is 4.83. The first-order valence-corrected chi connectivity index (χ1v) is 9.43. The average Bonchev–Trinajstić information content (AvgIpc) is 2.61. The summed E-state index contributed by atoms with van der Waals surface area (Å²) in [6.07, 6.45) is 1.47. The number of carbonyl (C=O) groups is 1. The van der Waals surface area contributed by atoms with Crippen LogP contribution in [0.25, 0.3) is 0 Å². The van der Waals surface area contributed by atoms with E-state index in [1.54, 1.807) is 6.07 Å². The van der Waals surface area contributed by atoms with Crippen LogP contribution in [0.15, 0.2) is 18.2 Å². The van der Waals surface area contributed by atoms with Gasteiger partial charge in [0.2, 0.25) is 5.91 Å². The molecule has 2 aliphatic rings. The number of amides is 1. The SMILES string of the molecule is C[C@H]1OCCN[C@@H]1C(=O)NCC1(c2ccc(Cl)cc2Cl)CCOCC1.Cl. The fourth-order valence-corrected chi connectivity index (χ4v) is 4.23. The molecule has 146 valence electrons. The molecule has 1 aromatic carbocycles. The first-order chi connectivity index (χ1) is 12.0. The second kappa shape index (κ2) is 9.58. The minimum atomic E-state index is -0.327. The van der Waals surface area contributed by atoms with Crippen LogP contribution in [0.3, 0.4) is 0 Å². The first-order valence-electron chi connectivity index (χ1n) is 8.68. The first kappa shape index (κ1) is 21.7. The molecule has 2 heterocycles. The molecule has 0 saturated carbocycles. The topological polar surface area (TPSA) is 59.6 Å². The molecular formula is C18H25Cl3N2O3. The Kier molecular flexibility index (Phi) is 8.01. The Morgan fingerprint density at radius 2 is 2.04 bits per heavy atom. The number of carbonyl (C=O) groups excluding carboxylic acids is 1. The van der Waals surface area contributed by atoms with Crippen molar-refractivity contribution in [3.05, 3.63) is 33.8 Å². The van der Waals surface area contributed by atoms with Crippen molar-refractivity contribution in [1.82, 2.24) is 10.6 Å². The van der Waals surface area contributed by atoms with Gasteiger partial charge < -0.3 is 20.1 Å². The highest BCUT2D eigenvalue weighted by atomic mass is 35.5. The highest BCUT2D eigenvalue weighted by molar-refractivity contribution is 6.35. The molecule has 0 unspecified atom stereocenters. The lowest BCUT2D eigenvalue weighted by Crippen LogP contribution is -2.57. The number of hydrogen-bond acceptors (Lipinski definition) is 4. The summed E-state index contributed by atoms with van der Waals surface area (Å²) < 4.78 is 11.1. The quantitative estimate of drug-likeness (QED) is 0.782. The molecule has 5 nitrogen and oxygen atoms in total. The molecule has 2 atom stereocenters. The Morgan fingerprint density at radius 3 is 2.69 bits per heavy atom. The lowest BCUT2D eigenvalue weighted by molar-refractivity contribution is -0.129. The highest BCUT2D eigenvalue weighted by Crippen LogP contribution is 2.39. The summed E-state index contributed by atoms with van der Waals surface area (Å²) in [6.45, 7) is 5.04. The van der Waals surface area contributed by atoms with Gasteiger partial charge in [-0.15, -0.1) is 12.4 Å². The third-order valence-corrected chi connectivity index (χ3v) is 5.70. The zero-order valence-electron chi connectivity index (χ0n) is 14.7. The number of rotatable bonds is 4. The summed E-state index contributed by atoms with van der Waals surface area (Å²) >= 11 is 12.5. The van der Waals surface area contributed by atoms with Crippen LogP contribution in [0.5, 0.6) is 0 Å². The summed E-state index contributed by atoms with van der Waals surface area (Å²) in [5, 5.41) is 7.57. The number of benzene rings is 1. The lowest BCUT2D eigenvalue weighted by Gasteiger charge is -2.39.